The molecule has 0 spiro atoms. The van der Waals surface area contributed by atoms with Crippen LogP contribution in [0.2, 0.25) is 0 Å². The quantitative estimate of drug-likeness (QED) is 0.726. The average molecular weight is 209 g/mol. The summed E-state index contributed by atoms with van der Waals surface area (Å²) in [6, 6.07) is 8.00. The van der Waals surface area contributed by atoms with Crippen molar-refractivity contribution in [2.75, 3.05) is 26.9 Å². The van der Waals surface area contributed by atoms with Crippen molar-refractivity contribution in [3.63, 3.8) is 0 Å². The molecule has 0 bridgehead atoms. The predicted octanol–water partition coefficient (Wildman–Crippen LogP) is 1.77. The van der Waals surface area contributed by atoms with E-state index in [1.807, 2.05) is 18.2 Å². The lowest BCUT2D eigenvalue weighted by Gasteiger charge is -2.15. The van der Waals surface area contributed by atoms with Crippen molar-refractivity contribution in [1.29, 1.82) is 0 Å². The highest BCUT2D eigenvalue weighted by Gasteiger charge is 2.09. The summed E-state index contributed by atoms with van der Waals surface area (Å²) in [6.45, 7) is 3.90. The first-order chi connectivity index (χ1) is 7.29. The van der Waals surface area contributed by atoms with Gasteiger partial charge in [0.2, 0.25) is 0 Å². The Morgan fingerprint density at radius 1 is 1.27 bits per heavy atom. The number of rotatable bonds is 6. The molecule has 0 heterocycles. The van der Waals surface area contributed by atoms with E-state index in [1.54, 1.807) is 7.11 Å². The smallest absolute Gasteiger partial charge is 0.122 e. The van der Waals surface area contributed by atoms with Gasteiger partial charge in [0.05, 0.1) is 6.61 Å². The van der Waals surface area contributed by atoms with E-state index in [0.717, 1.165) is 11.3 Å². The van der Waals surface area contributed by atoms with Crippen molar-refractivity contribution in [3.05, 3.63) is 29.8 Å². The van der Waals surface area contributed by atoms with Crippen molar-refractivity contribution < 1.29 is 9.47 Å². The molecule has 0 aromatic heterocycles. The van der Waals surface area contributed by atoms with Gasteiger partial charge in [0, 0.05) is 7.11 Å². The fourth-order valence-corrected chi connectivity index (χ4v) is 1.38. The lowest BCUT2D eigenvalue weighted by atomic mass is 10.0. The summed E-state index contributed by atoms with van der Waals surface area (Å²) in [6.07, 6.45) is 0. The molecule has 0 fully saturated rings. The Morgan fingerprint density at radius 2 is 2.00 bits per heavy atom. The van der Waals surface area contributed by atoms with Crippen LogP contribution >= 0.6 is 0 Å². The fourth-order valence-electron chi connectivity index (χ4n) is 1.38. The first-order valence-corrected chi connectivity index (χ1v) is 5.20. The highest BCUT2D eigenvalue weighted by Crippen LogP contribution is 2.25. The second-order valence-corrected chi connectivity index (χ2v) is 3.52. The fraction of sp³-hybridized carbons (Fsp3) is 0.500. The molecule has 0 saturated carbocycles. The Bertz CT molecular complexity index is 289. The van der Waals surface area contributed by atoms with Crippen LogP contribution in [-0.4, -0.2) is 26.9 Å². The maximum absolute atomic E-state index is 5.65. The highest BCUT2D eigenvalue weighted by atomic mass is 16.5. The standard InChI is InChI=1S/C12H19NO2/c1-10(9-13)11-5-3-4-6-12(11)15-8-7-14-2/h3-6,10H,7-9,13H2,1-2H3. The summed E-state index contributed by atoms with van der Waals surface area (Å²) in [5.74, 6) is 1.23. The average Bonchev–Trinajstić information content (AvgIpc) is 2.29. The van der Waals surface area contributed by atoms with Crippen LogP contribution in [0.15, 0.2) is 24.3 Å². The van der Waals surface area contributed by atoms with Crippen LogP contribution in [0.1, 0.15) is 18.4 Å². The molecule has 1 aromatic rings. The molecule has 0 saturated heterocycles. The van der Waals surface area contributed by atoms with Crippen LogP contribution in [0.5, 0.6) is 5.75 Å². The number of methoxy groups -OCH3 is 1. The minimum absolute atomic E-state index is 0.323. The maximum atomic E-state index is 5.65. The van der Waals surface area contributed by atoms with E-state index in [1.165, 1.54) is 0 Å². The lowest BCUT2D eigenvalue weighted by Crippen LogP contribution is -2.12. The van der Waals surface area contributed by atoms with E-state index in [9.17, 15) is 0 Å². The van der Waals surface area contributed by atoms with Crippen molar-refractivity contribution in [3.8, 4) is 5.75 Å². The zero-order chi connectivity index (χ0) is 11.1. The van der Waals surface area contributed by atoms with Gasteiger partial charge in [-0.1, -0.05) is 25.1 Å². The molecule has 2 N–H and O–H groups in total. The molecule has 3 heteroatoms. The third kappa shape index (κ3) is 3.53. The van der Waals surface area contributed by atoms with Gasteiger partial charge in [-0.25, -0.2) is 0 Å². The second kappa shape index (κ2) is 6.43. The topological polar surface area (TPSA) is 44.5 Å². The van der Waals surface area contributed by atoms with E-state index in [0.29, 0.717) is 25.7 Å². The first-order valence-electron chi connectivity index (χ1n) is 5.20. The normalized spacial score (nSPS) is 12.5. The van der Waals surface area contributed by atoms with Crippen LogP contribution < -0.4 is 10.5 Å². The van der Waals surface area contributed by atoms with Gasteiger partial charge in [-0.05, 0) is 24.1 Å². The maximum Gasteiger partial charge on any atom is 0.122 e. The zero-order valence-electron chi connectivity index (χ0n) is 9.40. The number of ether oxygens (including phenoxy) is 2. The summed E-state index contributed by atoms with van der Waals surface area (Å²) in [7, 11) is 1.66. The van der Waals surface area contributed by atoms with Crippen LogP contribution in [0.25, 0.3) is 0 Å². The third-order valence-corrected chi connectivity index (χ3v) is 2.35. The Labute approximate surface area is 91.2 Å². The molecule has 15 heavy (non-hydrogen) atoms. The van der Waals surface area contributed by atoms with E-state index in [2.05, 4.69) is 13.0 Å². The number of nitrogens with two attached hydrogens (primary N) is 1. The molecule has 3 nitrogen and oxygen atoms in total. The Hall–Kier alpha value is -1.06. The lowest BCUT2D eigenvalue weighted by molar-refractivity contribution is 0.145. The van der Waals surface area contributed by atoms with Gasteiger partial charge >= 0.3 is 0 Å². The van der Waals surface area contributed by atoms with Gasteiger partial charge < -0.3 is 15.2 Å². The summed E-state index contributed by atoms with van der Waals surface area (Å²) < 4.78 is 10.6. The predicted molar refractivity (Wildman–Crippen MR) is 61.3 cm³/mol. The van der Waals surface area contributed by atoms with Gasteiger partial charge in [0.1, 0.15) is 12.4 Å². The van der Waals surface area contributed by atoms with E-state index in [-0.39, 0.29) is 0 Å². The SMILES string of the molecule is COCCOc1ccccc1C(C)CN. The summed E-state index contributed by atoms with van der Waals surface area (Å²) in [5.41, 5.74) is 6.81. The Kier molecular flexibility index (Phi) is 5.15. The van der Waals surface area contributed by atoms with Gasteiger partial charge in [-0.3, -0.25) is 0 Å². The van der Waals surface area contributed by atoms with E-state index in [4.69, 9.17) is 15.2 Å². The molecule has 0 amide bonds. The summed E-state index contributed by atoms with van der Waals surface area (Å²) >= 11 is 0. The van der Waals surface area contributed by atoms with Crippen molar-refractivity contribution in [2.24, 2.45) is 5.73 Å². The van der Waals surface area contributed by atoms with Crippen LogP contribution in [-0.2, 0) is 4.74 Å². The largest absolute Gasteiger partial charge is 0.491 e. The van der Waals surface area contributed by atoms with E-state index < -0.39 is 0 Å². The minimum Gasteiger partial charge on any atom is -0.491 e. The summed E-state index contributed by atoms with van der Waals surface area (Å²) in [5, 5.41) is 0. The molecule has 0 aliphatic carbocycles. The van der Waals surface area contributed by atoms with Crippen molar-refractivity contribution in [1.82, 2.24) is 0 Å². The van der Waals surface area contributed by atoms with Crippen LogP contribution in [0, 0.1) is 0 Å². The van der Waals surface area contributed by atoms with Crippen LogP contribution in [0.4, 0.5) is 0 Å². The highest BCUT2D eigenvalue weighted by molar-refractivity contribution is 5.36. The van der Waals surface area contributed by atoms with Crippen LogP contribution in [0.3, 0.4) is 0 Å². The van der Waals surface area contributed by atoms with E-state index >= 15 is 0 Å². The van der Waals surface area contributed by atoms with Gasteiger partial charge in [-0.2, -0.15) is 0 Å². The first kappa shape index (κ1) is 12.0. The second-order valence-electron chi connectivity index (χ2n) is 3.52. The summed E-state index contributed by atoms with van der Waals surface area (Å²) in [4.78, 5) is 0. The molecule has 0 radical (unpaired) electrons. The Morgan fingerprint density at radius 3 is 2.67 bits per heavy atom. The molecular weight excluding hydrogens is 190 g/mol. The zero-order valence-corrected chi connectivity index (χ0v) is 9.40. The molecule has 0 aliphatic heterocycles. The number of hydrogen-bond acceptors (Lipinski definition) is 3. The number of hydrogen-bond donors (Lipinski definition) is 1. The molecule has 1 unspecified atom stereocenters. The molecule has 0 aliphatic rings. The third-order valence-electron chi connectivity index (χ3n) is 2.35. The monoisotopic (exact) mass is 209 g/mol. The Balaban J connectivity index is 2.68. The number of para-hydroxylation sites is 1. The minimum atomic E-state index is 0.323. The molecule has 1 aromatic carbocycles. The molecule has 1 atom stereocenters. The number of benzene rings is 1. The van der Waals surface area contributed by atoms with Gasteiger partial charge in [0.15, 0.2) is 0 Å². The van der Waals surface area contributed by atoms with Crippen molar-refractivity contribution in [2.45, 2.75) is 12.8 Å². The molecule has 84 valence electrons. The van der Waals surface area contributed by atoms with Crippen molar-refractivity contribution >= 4 is 0 Å². The molecular formula is C12H19NO2. The molecule has 1 rings (SSSR count). The van der Waals surface area contributed by atoms with Gasteiger partial charge in [0.25, 0.3) is 0 Å². The van der Waals surface area contributed by atoms with Gasteiger partial charge in [-0.15, -0.1) is 0 Å².